The van der Waals surface area contributed by atoms with E-state index in [0.717, 1.165) is 5.01 Å². The number of nitrogens with zero attached hydrogens (tertiary/aromatic N) is 2. The number of thiazole rings is 1. The minimum Gasteiger partial charge on any atom is -0.480 e. The molecule has 1 aromatic rings. The largest absolute Gasteiger partial charge is 0.480 e. The third-order valence-corrected chi connectivity index (χ3v) is 3.32. The van der Waals surface area contributed by atoms with E-state index in [9.17, 15) is 9.59 Å². The van der Waals surface area contributed by atoms with Crippen LogP contribution in [0.15, 0.2) is 11.6 Å². The van der Waals surface area contributed by atoms with Gasteiger partial charge in [0, 0.05) is 18.1 Å². The molecule has 0 saturated heterocycles. The smallest absolute Gasteiger partial charge is 0.323 e. The number of nitrogens with one attached hydrogen (secondary N) is 1. The molecule has 1 heterocycles. The number of hydrogen-bond acceptors (Lipinski definition) is 4. The van der Waals surface area contributed by atoms with Gasteiger partial charge in [-0.15, -0.1) is 11.3 Å². The van der Waals surface area contributed by atoms with Gasteiger partial charge in [-0.2, -0.15) is 0 Å². The van der Waals surface area contributed by atoms with E-state index in [0.29, 0.717) is 6.54 Å². The quantitative estimate of drug-likeness (QED) is 0.837. The number of carboxylic acid groups (broad SMARTS) is 1. The van der Waals surface area contributed by atoms with Crippen LogP contribution in [0.4, 0.5) is 4.79 Å². The Morgan fingerprint density at radius 1 is 1.47 bits per heavy atom. The predicted molar refractivity (Wildman–Crippen MR) is 73.1 cm³/mol. The molecular formula is C12H19N3O3S. The molecule has 0 bridgehead atoms. The molecule has 0 aliphatic carbocycles. The highest BCUT2D eigenvalue weighted by Crippen LogP contribution is 2.15. The van der Waals surface area contributed by atoms with Crippen molar-refractivity contribution in [2.24, 2.45) is 5.92 Å². The maximum atomic E-state index is 12.0. The summed E-state index contributed by atoms with van der Waals surface area (Å²) in [6, 6.07) is -0.602. The lowest BCUT2D eigenvalue weighted by Crippen LogP contribution is -2.45. The summed E-state index contributed by atoms with van der Waals surface area (Å²) in [6.07, 6.45) is 1.67. The van der Waals surface area contributed by atoms with E-state index in [-0.39, 0.29) is 24.5 Å². The molecule has 0 aliphatic heterocycles. The van der Waals surface area contributed by atoms with E-state index in [4.69, 9.17) is 5.11 Å². The van der Waals surface area contributed by atoms with Crippen LogP contribution in [0, 0.1) is 5.92 Å². The first-order chi connectivity index (χ1) is 8.90. The number of carboxylic acids is 1. The molecule has 0 aromatic carbocycles. The highest BCUT2D eigenvalue weighted by Gasteiger charge is 2.20. The average molecular weight is 285 g/mol. The number of aliphatic carboxylic acids is 1. The summed E-state index contributed by atoms with van der Waals surface area (Å²) in [7, 11) is 0. The Hall–Kier alpha value is -1.63. The summed E-state index contributed by atoms with van der Waals surface area (Å²) in [6.45, 7) is 5.81. The molecule has 19 heavy (non-hydrogen) atoms. The van der Waals surface area contributed by atoms with Gasteiger partial charge in [0.2, 0.25) is 0 Å². The topological polar surface area (TPSA) is 82.5 Å². The standard InChI is InChI=1S/C12H19N3O3S/c1-8(2)6-15(7-10(16)17)12(18)14-9(3)11-13-4-5-19-11/h4-5,8-9H,6-7H2,1-3H3,(H,14,18)(H,16,17). The lowest BCUT2D eigenvalue weighted by molar-refractivity contribution is -0.137. The molecule has 106 valence electrons. The first kappa shape index (κ1) is 15.4. The van der Waals surface area contributed by atoms with E-state index in [1.165, 1.54) is 16.2 Å². The first-order valence-electron chi connectivity index (χ1n) is 6.06. The number of carbonyl (C=O) groups is 2. The minimum absolute atomic E-state index is 0.209. The van der Waals surface area contributed by atoms with Gasteiger partial charge in [-0.05, 0) is 12.8 Å². The maximum Gasteiger partial charge on any atom is 0.323 e. The monoisotopic (exact) mass is 285 g/mol. The lowest BCUT2D eigenvalue weighted by Gasteiger charge is -2.24. The van der Waals surface area contributed by atoms with Crippen molar-refractivity contribution in [3.63, 3.8) is 0 Å². The zero-order chi connectivity index (χ0) is 14.4. The summed E-state index contributed by atoms with van der Waals surface area (Å²) < 4.78 is 0. The van der Waals surface area contributed by atoms with Gasteiger partial charge in [-0.3, -0.25) is 4.79 Å². The van der Waals surface area contributed by atoms with Crippen molar-refractivity contribution in [3.8, 4) is 0 Å². The molecule has 2 amide bonds. The number of hydrogen-bond donors (Lipinski definition) is 2. The number of urea groups is 1. The normalized spacial score (nSPS) is 12.2. The summed E-state index contributed by atoms with van der Waals surface area (Å²) in [4.78, 5) is 28.2. The Bertz CT molecular complexity index is 420. The Labute approximate surface area is 116 Å². The molecule has 1 atom stereocenters. The lowest BCUT2D eigenvalue weighted by atomic mass is 10.2. The van der Waals surface area contributed by atoms with E-state index >= 15 is 0 Å². The Morgan fingerprint density at radius 3 is 2.63 bits per heavy atom. The van der Waals surface area contributed by atoms with Crippen LogP contribution in [-0.2, 0) is 4.79 Å². The maximum absolute atomic E-state index is 12.0. The van der Waals surface area contributed by atoms with Crippen molar-refractivity contribution >= 4 is 23.3 Å². The van der Waals surface area contributed by atoms with Crippen LogP contribution >= 0.6 is 11.3 Å². The van der Waals surface area contributed by atoms with Gasteiger partial charge in [0.05, 0.1) is 6.04 Å². The second kappa shape index (κ2) is 7.08. The summed E-state index contributed by atoms with van der Waals surface area (Å²) in [5, 5.41) is 14.2. The van der Waals surface area contributed by atoms with Crippen molar-refractivity contribution in [1.82, 2.24) is 15.2 Å². The van der Waals surface area contributed by atoms with Crippen LogP contribution in [-0.4, -0.2) is 40.1 Å². The molecule has 0 aliphatic rings. The fraction of sp³-hybridized carbons (Fsp3) is 0.583. The fourth-order valence-corrected chi connectivity index (χ4v) is 2.26. The number of rotatable bonds is 6. The molecule has 1 unspecified atom stereocenters. The highest BCUT2D eigenvalue weighted by atomic mass is 32.1. The molecule has 1 rings (SSSR count). The van der Waals surface area contributed by atoms with Crippen LogP contribution in [0.1, 0.15) is 31.8 Å². The van der Waals surface area contributed by atoms with Gasteiger partial charge in [-0.25, -0.2) is 9.78 Å². The molecule has 7 heteroatoms. The summed E-state index contributed by atoms with van der Waals surface area (Å²) in [5.74, 6) is -0.807. The SMILES string of the molecule is CC(C)CN(CC(=O)O)C(=O)NC(C)c1nccs1. The molecule has 0 radical (unpaired) electrons. The van der Waals surface area contributed by atoms with E-state index < -0.39 is 5.97 Å². The zero-order valence-electron chi connectivity index (χ0n) is 11.3. The molecule has 1 aromatic heterocycles. The third-order valence-electron chi connectivity index (χ3n) is 2.36. The van der Waals surface area contributed by atoms with E-state index in [1.54, 1.807) is 6.20 Å². The second-order valence-corrected chi connectivity index (χ2v) is 5.64. The van der Waals surface area contributed by atoms with Gasteiger partial charge >= 0.3 is 12.0 Å². The number of aromatic nitrogens is 1. The predicted octanol–water partition coefficient (Wildman–Crippen LogP) is 1.96. The Kier molecular flexibility index (Phi) is 5.75. The van der Waals surface area contributed by atoms with Crippen LogP contribution in [0.25, 0.3) is 0 Å². The summed E-state index contributed by atoms with van der Waals surface area (Å²) in [5.41, 5.74) is 0. The van der Waals surface area contributed by atoms with Gasteiger partial charge < -0.3 is 15.3 Å². The average Bonchev–Trinajstić information content (AvgIpc) is 2.79. The molecule has 0 saturated carbocycles. The molecule has 0 fully saturated rings. The molecule has 2 N–H and O–H groups in total. The molecular weight excluding hydrogens is 266 g/mol. The van der Waals surface area contributed by atoms with Crippen LogP contribution in [0.2, 0.25) is 0 Å². The van der Waals surface area contributed by atoms with Crippen molar-refractivity contribution in [2.45, 2.75) is 26.8 Å². The van der Waals surface area contributed by atoms with E-state index in [2.05, 4.69) is 10.3 Å². The van der Waals surface area contributed by atoms with Gasteiger partial charge in [0.15, 0.2) is 0 Å². The van der Waals surface area contributed by atoms with E-state index in [1.807, 2.05) is 26.2 Å². The molecule has 0 spiro atoms. The van der Waals surface area contributed by atoms with Crippen LogP contribution < -0.4 is 5.32 Å². The van der Waals surface area contributed by atoms with Crippen molar-refractivity contribution in [2.75, 3.05) is 13.1 Å². The van der Waals surface area contributed by atoms with Crippen molar-refractivity contribution in [1.29, 1.82) is 0 Å². The van der Waals surface area contributed by atoms with Crippen LogP contribution in [0.3, 0.4) is 0 Å². The minimum atomic E-state index is -1.02. The van der Waals surface area contributed by atoms with Crippen LogP contribution in [0.5, 0.6) is 0 Å². The zero-order valence-corrected chi connectivity index (χ0v) is 12.1. The third kappa shape index (κ3) is 5.25. The van der Waals surface area contributed by atoms with Gasteiger partial charge in [-0.1, -0.05) is 13.8 Å². The summed E-state index contributed by atoms with van der Waals surface area (Å²) >= 11 is 1.45. The van der Waals surface area contributed by atoms with Crippen molar-refractivity contribution < 1.29 is 14.7 Å². The fourth-order valence-electron chi connectivity index (χ4n) is 1.61. The highest BCUT2D eigenvalue weighted by molar-refractivity contribution is 7.09. The molecule has 6 nitrogen and oxygen atoms in total. The number of carbonyl (C=O) groups excluding carboxylic acids is 1. The Balaban J connectivity index is 2.63. The second-order valence-electron chi connectivity index (χ2n) is 4.71. The van der Waals surface area contributed by atoms with Crippen molar-refractivity contribution in [3.05, 3.63) is 16.6 Å². The van der Waals surface area contributed by atoms with Gasteiger partial charge in [0.1, 0.15) is 11.6 Å². The number of amides is 2. The first-order valence-corrected chi connectivity index (χ1v) is 6.94. The Morgan fingerprint density at radius 2 is 2.16 bits per heavy atom. The van der Waals surface area contributed by atoms with Gasteiger partial charge in [0.25, 0.3) is 0 Å².